The molecule has 2 rings (SSSR count). The van der Waals surface area contributed by atoms with Gasteiger partial charge in [-0.1, -0.05) is 81.6 Å². The van der Waals surface area contributed by atoms with E-state index in [4.69, 9.17) is 0 Å². The minimum atomic E-state index is 0.441. The van der Waals surface area contributed by atoms with Gasteiger partial charge in [-0.3, -0.25) is 0 Å². The summed E-state index contributed by atoms with van der Waals surface area (Å²) in [4.78, 5) is 0. The van der Waals surface area contributed by atoms with Gasteiger partial charge in [0, 0.05) is 0 Å². The quantitative estimate of drug-likeness (QED) is 0.489. The molecule has 2 aliphatic rings. The topological polar surface area (TPSA) is 0 Å². The average molecular weight is 335 g/mol. The first-order valence-corrected chi connectivity index (χ1v) is 10.9. The molecule has 0 aromatic carbocycles. The Labute approximate surface area is 153 Å². The molecule has 0 heterocycles. The molecule has 0 nitrogen and oxygen atoms in total. The van der Waals surface area contributed by atoms with Gasteiger partial charge in [0.2, 0.25) is 0 Å². The second-order valence-electron chi connectivity index (χ2n) is 11.8. The van der Waals surface area contributed by atoms with Crippen molar-refractivity contribution in [2.45, 2.75) is 107 Å². The molecule has 1 unspecified atom stereocenters. The summed E-state index contributed by atoms with van der Waals surface area (Å²) in [5, 5.41) is 0. The van der Waals surface area contributed by atoms with E-state index >= 15 is 0 Å². The molecular formula is C24H46. The molecule has 2 saturated carbocycles. The molecule has 0 aromatic heterocycles. The molecule has 0 spiro atoms. The third-order valence-corrected chi connectivity index (χ3v) is 8.87. The largest absolute Gasteiger partial charge is 0.0622 e. The average Bonchev–Trinajstić information content (AvgIpc) is 2.43. The van der Waals surface area contributed by atoms with Crippen molar-refractivity contribution in [3.8, 4) is 0 Å². The molecule has 2 fully saturated rings. The van der Waals surface area contributed by atoms with Crippen LogP contribution < -0.4 is 0 Å². The van der Waals surface area contributed by atoms with Crippen molar-refractivity contribution in [2.75, 3.05) is 0 Å². The first-order chi connectivity index (χ1) is 10.9. The molecule has 0 aromatic rings. The van der Waals surface area contributed by atoms with Crippen LogP contribution >= 0.6 is 0 Å². The van der Waals surface area contributed by atoms with Gasteiger partial charge in [0.25, 0.3) is 0 Å². The van der Waals surface area contributed by atoms with Crippen LogP contribution in [0.15, 0.2) is 0 Å². The van der Waals surface area contributed by atoms with Crippen molar-refractivity contribution < 1.29 is 0 Å². The highest BCUT2D eigenvalue weighted by Gasteiger charge is 2.53. The maximum atomic E-state index is 2.68. The molecule has 2 aliphatic carbocycles. The summed E-state index contributed by atoms with van der Waals surface area (Å²) in [6.45, 7) is 22.6. The molecule has 142 valence electrons. The number of fused-ring (bicyclic) bond motifs is 1. The van der Waals surface area contributed by atoms with E-state index in [1.54, 1.807) is 0 Å². The molecule has 0 heteroatoms. The Hall–Kier alpha value is 0. The maximum Gasteiger partial charge on any atom is -0.0262 e. The highest BCUT2D eigenvalue weighted by molar-refractivity contribution is 5.02. The van der Waals surface area contributed by atoms with E-state index in [1.807, 2.05) is 0 Å². The van der Waals surface area contributed by atoms with Crippen LogP contribution in [0.3, 0.4) is 0 Å². The summed E-state index contributed by atoms with van der Waals surface area (Å²) in [6, 6.07) is 0. The maximum absolute atomic E-state index is 2.68. The molecule has 6 atom stereocenters. The lowest BCUT2D eigenvalue weighted by Crippen LogP contribution is -2.51. The van der Waals surface area contributed by atoms with E-state index in [0.29, 0.717) is 16.2 Å². The third kappa shape index (κ3) is 3.88. The minimum Gasteiger partial charge on any atom is -0.0622 e. The van der Waals surface area contributed by atoms with Crippen LogP contribution in [0, 0.1) is 45.8 Å². The van der Waals surface area contributed by atoms with Gasteiger partial charge in [0.05, 0.1) is 0 Å². The third-order valence-electron chi connectivity index (χ3n) is 8.87. The van der Waals surface area contributed by atoms with E-state index in [-0.39, 0.29) is 0 Å². The van der Waals surface area contributed by atoms with E-state index in [2.05, 4.69) is 62.3 Å². The molecular weight excluding hydrogens is 288 g/mol. The van der Waals surface area contributed by atoms with Crippen molar-refractivity contribution in [3.05, 3.63) is 0 Å². The Morgan fingerprint density at radius 3 is 2.21 bits per heavy atom. The highest BCUT2D eigenvalue weighted by Crippen LogP contribution is 2.62. The van der Waals surface area contributed by atoms with Crippen molar-refractivity contribution in [2.24, 2.45) is 45.8 Å². The van der Waals surface area contributed by atoms with Gasteiger partial charge in [0.1, 0.15) is 0 Å². The van der Waals surface area contributed by atoms with Crippen LogP contribution in [-0.4, -0.2) is 0 Å². The van der Waals surface area contributed by atoms with E-state index in [9.17, 15) is 0 Å². The Balaban J connectivity index is 2.10. The standard InChI is InChI=1S/C24H46/c1-17(19(3)22(4,5)6)11-13-20-18(2)12-14-21-23(7,8)15-10-16-24(20,21)9/h17-21H,10-16H2,1-9H3/t17-,18-,19?,20-,21-,24+/m0/s1. The lowest BCUT2D eigenvalue weighted by atomic mass is 9.46. The fraction of sp³-hybridized carbons (Fsp3) is 1.00. The zero-order valence-corrected chi connectivity index (χ0v) is 18.3. The molecule has 0 radical (unpaired) electrons. The van der Waals surface area contributed by atoms with Crippen LogP contribution in [-0.2, 0) is 0 Å². The normalized spacial score (nSPS) is 39.1. The SMILES string of the molecule is CC([C@@H](C)CC[C@H]1[C@@H](C)CC[C@H]2C(C)(C)CCC[C@]12C)C(C)(C)C. The van der Waals surface area contributed by atoms with E-state index in [1.165, 1.54) is 44.9 Å². The van der Waals surface area contributed by atoms with Gasteiger partial charge in [-0.25, -0.2) is 0 Å². The summed E-state index contributed by atoms with van der Waals surface area (Å²) < 4.78 is 0. The lowest BCUT2D eigenvalue weighted by molar-refractivity contribution is -0.0979. The van der Waals surface area contributed by atoms with Gasteiger partial charge < -0.3 is 0 Å². The van der Waals surface area contributed by atoms with Gasteiger partial charge >= 0.3 is 0 Å². The zero-order valence-electron chi connectivity index (χ0n) is 18.3. The van der Waals surface area contributed by atoms with Crippen LogP contribution in [0.5, 0.6) is 0 Å². The number of hydrogen-bond donors (Lipinski definition) is 0. The van der Waals surface area contributed by atoms with E-state index < -0.39 is 0 Å². The van der Waals surface area contributed by atoms with Crippen molar-refractivity contribution in [3.63, 3.8) is 0 Å². The van der Waals surface area contributed by atoms with Crippen LogP contribution in [0.1, 0.15) is 107 Å². The molecule has 0 aliphatic heterocycles. The first-order valence-electron chi connectivity index (χ1n) is 10.9. The molecule has 0 amide bonds. The number of hydrogen-bond acceptors (Lipinski definition) is 0. The Bertz CT molecular complexity index is 412. The van der Waals surface area contributed by atoms with E-state index in [0.717, 1.165) is 29.6 Å². The van der Waals surface area contributed by atoms with Gasteiger partial charge in [-0.2, -0.15) is 0 Å². The fourth-order valence-corrected chi connectivity index (χ4v) is 6.77. The van der Waals surface area contributed by atoms with Crippen molar-refractivity contribution >= 4 is 0 Å². The first kappa shape index (κ1) is 20.3. The summed E-state index contributed by atoms with van der Waals surface area (Å²) in [5.74, 6) is 4.48. The second-order valence-corrected chi connectivity index (χ2v) is 11.8. The van der Waals surface area contributed by atoms with Gasteiger partial charge in [-0.05, 0) is 71.5 Å². The number of rotatable bonds is 4. The van der Waals surface area contributed by atoms with Gasteiger partial charge in [-0.15, -0.1) is 0 Å². The predicted molar refractivity (Wildman–Crippen MR) is 108 cm³/mol. The smallest absolute Gasteiger partial charge is 0.0262 e. The highest BCUT2D eigenvalue weighted by atomic mass is 14.6. The monoisotopic (exact) mass is 334 g/mol. The second kappa shape index (κ2) is 6.96. The molecule has 0 bridgehead atoms. The van der Waals surface area contributed by atoms with Crippen molar-refractivity contribution in [1.29, 1.82) is 0 Å². The lowest BCUT2D eigenvalue weighted by Gasteiger charge is -2.59. The Morgan fingerprint density at radius 1 is 1.00 bits per heavy atom. The predicted octanol–water partition coefficient (Wildman–Crippen LogP) is 7.96. The van der Waals surface area contributed by atoms with Crippen LogP contribution in [0.25, 0.3) is 0 Å². The minimum absolute atomic E-state index is 0.441. The van der Waals surface area contributed by atoms with Crippen LogP contribution in [0.2, 0.25) is 0 Å². The zero-order chi connectivity index (χ0) is 18.3. The van der Waals surface area contributed by atoms with Crippen molar-refractivity contribution in [1.82, 2.24) is 0 Å². The fourth-order valence-electron chi connectivity index (χ4n) is 6.77. The van der Waals surface area contributed by atoms with Crippen LogP contribution in [0.4, 0.5) is 0 Å². The molecule has 0 N–H and O–H groups in total. The summed E-state index contributed by atoms with van der Waals surface area (Å²) in [7, 11) is 0. The van der Waals surface area contributed by atoms with Gasteiger partial charge in [0.15, 0.2) is 0 Å². The summed E-state index contributed by atoms with van der Waals surface area (Å²) in [6.07, 6.45) is 10.2. The Kier molecular flexibility index (Phi) is 5.89. The Morgan fingerprint density at radius 2 is 1.62 bits per heavy atom. The molecule has 24 heavy (non-hydrogen) atoms. The molecule has 0 saturated heterocycles. The summed E-state index contributed by atoms with van der Waals surface area (Å²) >= 11 is 0. The summed E-state index contributed by atoms with van der Waals surface area (Å²) in [5.41, 5.74) is 1.61.